The van der Waals surface area contributed by atoms with Crippen molar-refractivity contribution in [3.63, 3.8) is 0 Å². The summed E-state index contributed by atoms with van der Waals surface area (Å²) in [5.41, 5.74) is 0. The molecule has 15 heavy (non-hydrogen) atoms. The molecule has 0 aromatic rings. The monoisotopic (exact) mass is 238 g/mol. The van der Waals surface area contributed by atoms with E-state index in [9.17, 15) is 13.2 Å². The predicted molar refractivity (Wildman–Crippen MR) is 57.1 cm³/mol. The first-order valence-corrected chi connectivity index (χ1v) is 6.36. The van der Waals surface area contributed by atoms with Crippen molar-refractivity contribution in [1.29, 1.82) is 0 Å². The van der Waals surface area contributed by atoms with E-state index in [1.807, 2.05) is 6.92 Å². The molecule has 0 amide bonds. The fourth-order valence-electron chi connectivity index (χ4n) is 0.984. The average molecular weight is 238 g/mol. The molecule has 0 rings (SSSR count). The molecule has 0 saturated heterocycles. The summed E-state index contributed by atoms with van der Waals surface area (Å²) in [6.07, 6.45) is -0.365. The smallest absolute Gasteiger partial charge is 0.304 e. The zero-order chi connectivity index (χ0) is 11.9. The van der Waals surface area contributed by atoms with E-state index in [0.717, 1.165) is 0 Å². The number of hydrogen-bond donors (Lipinski definition) is 3. The number of carbonyl (C=O) groups is 1. The van der Waals surface area contributed by atoms with Crippen LogP contribution in [0.25, 0.3) is 0 Å². The summed E-state index contributed by atoms with van der Waals surface area (Å²) in [7, 11) is -1.66. The average Bonchev–Trinajstić information content (AvgIpc) is 2.13. The zero-order valence-electron chi connectivity index (χ0n) is 8.99. The van der Waals surface area contributed by atoms with Gasteiger partial charge in [0, 0.05) is 6.54 Å². The highest BCUT2D eigenvalue weighted by molar-refractivity contribution is 7.89. The molecule has 0 aromatic heterocycles. The molecular weight excluding hydrogens is 220 g/mol. The van der Waals surface area contributed by atoms with Crippen LogP contribution in [-0.4, -0.2) is 45.4 Å². The standard InChI is InChI=1S/C8H18N2O4S/c1-7(5-9-2)6-10-15(13,14)4-3-8(11)12/h7,9-10H,3-6H2,1-2H3,(H,11,12). The Morgan fingerprint density at radius 2 is 2.00 bits per heavy atom. The third kappa shape index (κ3) is 8.34. The Bertz CT molecular complexity index is 289. The first-order chi connectivity index (χ1) is 6.87. The number of sulfonamides is 1. The highest BCUT2D eigenvalue weighted by Gasteiger charge is 2.13. The summed E-state index contributed by atoms with van der Waals surface area (Å²) in [6.45, 7) is 2.93. The molecule has 0 aromatic carbocycles. The maximum Gasteiger partial charge on any atom is 0.304 e. The summed E-state index contributed by atoms with van der Waals surface area (Å²) in [6, 6.07) is 0. The maximum absolute atomic E-state index is 11.2. The van der Waals surface area contributed by atoms with Crippen molar-refractivity contribution in [2.75, 3.05) is 25.9 Å². The summed E-state index contributed by atoms with van der Waals surface area (Å²) in [4.78, 5) is 10.2. The van der Waals surface area contributed by atoms with E-state index in [-0.39, 0.29) is 18.1 Å². The van der Waals surface area contributed by atoms with Crippen molar-refractivity contribution in [3.05, 3.63) is 0 Å². The van der Waals surface area contributed by atoms with Crippen molar-refractivity contribution in [2.45, 2.75) is 13.3 Å². The molecule has 3 N–H and O–H groups in total. The van der Waals surface area contributed by atoms with Crippen LogP contribution >= 0.6 is 0 Å². The van der Waals surface area contributed by atoms with E-state index in [2.05, 4.69) is 10.0 Å². The van der Waals surface area contributed by atoms with E-state index in [1.165, 1.54) is 0 Å². The van der Waals surface area contributed by atoms with Gasteiger partial charge >= 0.3 is 5.97 Å². The van der Waals surface area contributed by atoms with Crippen molar-refractivity contribution in [1.82, 2.24) is 10.0 Å². The normalized spacial score (nSPS) is 13.7. The van der Waals surface area contributed by atoms with E-state index in [4.69, 9.17) is 5.11 Å². The van der Waals surface area contributed by atoms with Crippen molar-refractivity contribution >= 4 is 16.0 Å². The Hall–Kier alpha value is -0.660. The van der Waals surface area contributed by atoms with Gasteiger partial charge in [-0.25, -0.2) is 13.1 Å². The topological polar surface area (TPSA) is 95.5 Å². The second-order valence-electron chi connectivity index (χ2n) is 3.47. The van der Waals surface area contributed by atoms with Crippen LogP contribution in [0.5, 0.6) is 0 Å². The van der Waals surface area contributed by atoms with Crippen LogP contribution in [-0.2, 0) is 14.8 Å². The first-order valence-electron chi connectivity index (χ1n) is 4.71. The summed E-state index contributed by atoms with van der Waals surface area (Å²) >= 11 is 0. The molecule has 0 aliphatic carbocycles. The molecule has 0 bridgehead atoms. The molecule has 1 unspecified atom stereocenters. The van der Waals surface area contributed by atoms with E-state index >= 15 is 0 Å². The number of carboxylic acids is 1. The fraction of sp³-hybridized carbons (Fsp3) is 0.875. The highest BCUT2D eigenvalue weighted by atomic mass is 32.2. The number of carboxylic acid groups (broad SMARTS) is 1. The number of rotatable bonds is 8. The first kappa shape index (κ1) is 14.3. The fourth-order valence-corrected chi connectivity index (χ4v) is 2.11. The van der Waals surface area contributed by atoms with Gasteiger partial charge in [0.25, 0.3) is 0 Å². The molecule has 1 atom stereocenters. The SMILES string of the molecule is CNCC(C)CNS(=O)(=O)CCC(=O)O. The van der Waals surface area contributed by atoms with Crippen LogP contribution in [0.2, 0.25) is 0 Å². The summed E-state index contributed by atoms with van der Waals surface area (Å²) < 4.78 is 24.9. The third-order valence-corrected chi connectivity index (χ3v) is 3.14. The molecule has 6 nitrogen and oxygen atoms in total. The Labute approximate surface area is 90.1 Å². The quantitative estimate of drug-likeness (QED) is 0.516. The molecule has 0 radical (unpaired) electrons. The van der Waals surface area contributed by atoms with Crippen LogP contribution in [0, 0.1) is 5.92 Å². The van der Waals surface area contributed by atoms with Gasteiger partial charge < -0.3 is 10.4 Å². The van der Waals surface area contributed by atoms with Gasteiger partial charge in [0.05, 0.1) is 12.2 Å². The van der Waals surface area contributed by atoms with Crippen molar-refractivity contribution in [2.24, 2.45) is 5.92 Å². The lowest BCUT2D eigenvalue weighted by Crippen LogP contribution is -2.34. The maximum atomic E-state index is 11.2. The second kappa shape index (κ2) is 6.76. The van der Waals surface area contributed by atoms with Crippen LogP contribution in [0.15, 0.2) is 0 Å². The van der Waals surface area contributed by atoms with E-state index in [1.54, 1.807) is 7.05 Å². The van der Waals surface area contributed by atoms with E-state index < -0.39 is 16.0 Å². The van der Waals surface area contributed by atoms with Crippen LogP contribution in [0.1, 0.15) is 13.3 Å². The summed E-state index contributed by atoms with van der Waals surface area (Å²) in [5, 5.41) is 11.3. The Kier molecular flexibility index (Phi) is 6.46. The molecule has 90 valence electrons. The Morgan fingerprint density at radius 1 is 1.40 bits per heavy atom. The Morgan fingerprint density at radius 3 is 2.47 bits per heavy atom. The zero-order valence-corrected chi connectivity index (χ0v) is 9.80. The lowest BCUT2D eigenvalue weighted by Gasteiger charge is -2.11. The predicted octanol–water partition coefficient (Wildman–Crippen LogP) is -0.764. The van der Waals surface area contributed by atoms with Gasteiger partial charge in [-0.2, -0.15) is 0 Å². The molecular formula is C8H18N2O4S. The molecule has 0 fully saturated rings. The van der Waals surface area contributed by atoms with Crippen LogP contribution in [0.4, 0.5) is 0 Å². The minimum absolute atomic E-state index is 0.176. The molecule has 7 heteroatoms. The van der Waals surface area contributed by atoms with Gasteiger partial charge in [0.2, 0.25) is 10.0 Å². The van der Waals surface area contributed by atoms with Crippen LogP contribution < -0.4 is 10.0 Å². The minimum atomic E-state index is -3.45. The number of nitrogens with one attached hydrogen (secondary N) is 2. The molecule has 0 saturated carbocycles. The van der Waals surface area contributed by atoms with Gasteiger partial charge in [-0.05, 0) is 19.5 Å². The molecule has 0 spiro atoms. The van der Waals surface area contributed by atoms with Crippen LogP contribution in [0.3, 0.4) is 0 Å². The molecule has 0 aliphatic rings. The Balaban J connectivity index is 3.88. The van der Waals surface area contributed by atoms with Crippen molar-refractivity contribution < 1.29 is 18.3 Å². The molecule has 0 heterocycles. The lowest BCUT2D eigenvalue weighted by atomic mass is 10.2. The number of hydrogen-bond acceptors (Lipinski definition) is 4. The second-order valence-corrected chi connectivity index (χ2v) is 5.40. The van der Waals surface area contributed by atoms with Gasteiger partial charge in [0.15, 0.2) is 0 Å². The number of aliphatic carboxylic acids is 1. The van der Waals surface area contributed by atoms with Crippen molar-refractivity contribution in [3.8, 4) is 0 Å². The van der Waals surface area contributed by atoms with Gasteiger partial charge in [0.1, 0.15) is 0 Å². The van der Waals surface area contributed by atoms with Gasteiger partial charge in [-0.3, -0.25) is 4.79 Å². The highest BCUT2D eigenvalue weighted by Crippen LogP contribution is 1.94. The van der Waals surface area contributed by atoms with Gasteiger partial charge in [-0.15, -0.1) is 0 Å². The summed E-state index contributed by atoms with van der Waals surface area (Å²) in [5.74, 6) is -1.30. The minimum Gasteiger partial charge on any atom is -0.481 e. The largest absolute Gasteiger partial charge is 0.481 e. The lowest BCUT2D eigenvalue weighted by molar-refractivity contribution is -0.136. The van der Waals surface area contributed by atoms with E-state index in [0.29, 0.717) is 13.1 Å². The molecule has 0 aliphatic heterocycles. The van der Waals surface area contributed by atoms with Gasteiger partial charge in [-0.1, -0.05) is 6.92 Å². The third-order valence-electron chi connectivity index (χ3n) is 1.79.